The zero-order valence-corrected chi connectivity index (χ0v) is 19.4. The molecule has 0 radical (unpaired) electrons. The fraction of sp³-hybridized carbons (Fsp3) is 0.391. The number of carbonyl (C=O) groups excluding carboxylic acids is 2. The number of aromatic nitrogens is 2. The molecule has 0 atom stereocenters. The highest BCUT2D eigenvalue weighted by molar-refractivity contribution is 8.00. The molecule has 0 saturated carbocycles. The van der Waals surface area contributed by atoms with Crippen LogP contribution in [0.2, 0.25) is 0 Å². The molecular formula is C23H26N4O2S2. The second-order valence-corrected chi connectivity index (χ2v) is 9.73. The molecule has 0 saturated heterocycles. The minimum Gasteiger partial charge on any atom is -0.333 e. The lowest BCUT2D eigenvalue weighted by molar-refractivity contribution is -0.132. The fourth-order valence-corrected chi connectivity index (χ4v) is 6.09. The molecule has 0 fully saturated rings. The van der Waals surface area contributed by atoms with Crippen LogP contribution in [0.1, 0.15) is 35.8 Å². The van der Waals surface area contributed by atoms with Crippen LogP contribution in [0, 0.1) is 6.92 Å². The van der Waals surface area contributed by atoms with Crippen molar-refractivity contribution >= 4 is 50.8 Å². The van der Waals surface area contributed by atoms with E-state index < -0.39 is 0 Å². The number of aryl methyl sites for hydroxylation is 3. The number of fused-ring (bicyclic) bond motifs is 3. The van der Waals surface area contributed by atoms with Crippen molar-refractivity contribution in [1.82, 2.24) is 14.9 Å². The molecule has 1 aromatic carbocycles. The van der Waals surface area contributed by atoms with Gasteiger partial charge in [0.15, 0.2) is 0 Å². The van der Waals surface area contributed by atoms with Crippen LogP contribution >= 0.6 is 23.1 Å². The van der Waals surface area contributed by atoms with Crippen LogP contribution in [0.5, 0.6) is 0 Å². The van der Waals surface area contributed by atoms with Crippen molar-refractivity contribution in [3.8, 4) is 0 Å². The Morgan fingerprint density at radius 2 is 2.06 bits per heavy atom. The number of nitrogens with one attached hydrogen (secondary N) is 1. The van der Waals surface area contributed by atoms with Gasteiger partial charge in [0.1, 0.15) is 16.2 Å². The first kappa shape index (κ1) is 21.8. The number of thioether (sulfide) groups is 1. The second-order valence-electron chi connectivity index (χ2n) is 7.68. The Balaban J connectivity index is 1.42. The minimum atomic E-state index is -0.179. The van der Waals surface area contributed by atoms with Crippen molar-refractivity contribution in [2.45, 2.75) is 44.6 Å². The summed E-state index contributed by atoms with van der Waals surface area (Å²) in [4.78, 5) is 38.5. The molecule has 8 heteroatoms. The molecule has 1 aliphatic carbocycles. The lowest BCUT2D eigenvalue weighted by Crippen LogP contribution is -2.39. The number of anilines is 1. The molecule has 162 valence electrons. The average Bonchev–Trinajstić information content (AvgIpc) is 3.34. The number of thiophene rings is 1. The molecule has 0 unspecified atom stereocenters. The van der Waals surface area contributed by atoms with Crippen molar-refractivity contribution in [2.24, 2.45) is 0 Å². The summed E-state index contributed by atoms with van der Waals surface area (Å²) in [7, 11) is 0. The van der Waals surface area contributed by atoms with Crippen LogP contribution in [0.15, 0.2) is 35.6 Å². The van der Waals surface area contributed by atoms with E-state index in [9.17, 15) is 9.59 Å². The first-order valence-electron chi connectivity index (χ1n) is 10.6. The zero-order chi connectivity index (χ0) is 21.8. The van der Waals surface area contributed by atoms with Crippen LogP contribution in [-0.4, -0.2) is 45.5 Å². The zero-order valence-electron chi connectivity index (χ0n) is 17.8. The maximum Gasteiger partial charge on any atom is 0.244 e. The summed E-state index contributed by atoms with van der Waals surface area (Å²) in [6.45, 7) is 4.56. The van der Waals surface area contributed by atoms with Crippen LogP contribution < -0.4 is 5.32 Å². The van der Waals surface area contributed by atoms with Gasteiger partial charge in [0.2, 0.25) is 11.8 Å². The van der Waals surface area contributed by atoms with Crippen LogP contribution in [0.3, 0.4) is 0 Å². The summed E-state index contributed by atoms with van der Waals surface area (Å²) in [6, 6.07) is 7.64. The quantitative estimate of drug-likeness (QED) is 0.402. The van der Waals surface area contributed by atoms with Gasteiger partial charge >= 0.3 is 0 Å². The average molecular weight is 455 g/mol. The van der Waals surface area contributed by atoms with Gasteiger partial charge in [-0.2, -0.15) is 0 Å². The van der Waals surface area contributed by atoms with E-state index in [0.29, 0.717) is 6.54 Å². The molecule has 1 N–H and O–H groups in total. The van der Waals surface area contributed by atoms with E-state index in [1.807, 2.05) is 38.1 Å². The smallest absolute Gasteiger partial charge is 0.244 e. The molecule has 31 heavy (non-hydrogen) atoms. The predicted octanol–water partition coefficient (Wildman–Crippen LogP) is 4.46. The van der Waals surface area contributed by atoms with Crippen molar-refractivity contribution in [3.05, 3.63) is 46.6 Å². The van der Waals surface area contributed by atoms with Crippen LogP contribution in [0.25, 0.3) is 10.2 Å². The largest absolute Gasteiger partial charge is 0.333 e. The highest BCUT2D eigenvalue weighted by Gasteiger charge is 2.23. The first-order chi connectivity index (χ1) is 15.1. The van der Waals surface area contributed by atoms with Crippen molar-refractivity contribution in [1.29, 1.82) is 0 Å². The standard InChI is InChI=1S/C23H26N4O2S2/c1-3-11-27(12-19(28)26-17-9-5-4-7-15(17)2)20(29)13-30-22-21-16-8-6-10-18(16)31-23(21)25-14-24-22/h4-5,7,9,14H,3,6,8,10-13H2,1-2H3,(H,26,28). The minimum absolute atomic E-state index is 0.0502. The van der Waals surface area contributed by atoms with E-state index in [1.165, 1.54) is 28.6 Å². The third-order valence-corrected chi connectivity index (χ3v) is 7.57. The summed E-state index contributed by atoms with van der Waals surface area (Å²) in [5.41, 5.74) is 3.13. The Labute approximate surface area is 190 Å². The number of para-hydroxylation sites is 1. The van der Waals surface area contributed by atoms with Gasteiger partial charge in [-0.25, -0.2) is 9.97 Å². The van der Waals surface area contributed by atoms with Crippen molar-refractivity contribution in [2.75, 3.05) is 24.2 Å². The van der Waals surface area contributed by atoms with Gasteiger partial charge in [-0.1, -0.05) is 36.9 Å². The SMILES string of the molecule is CCCN(CC(=O)Nc1ccccc1C)C(=O)CSc1ncnc2sc3c(c12)CCC3. The van der Waals surface area contributed by atoms with E-state index in [4.69, 9.17) is 0 Å². The lowest BCUT2D eigenvalue weighted by Gasteiger charge is -2.21. The molecule has 0 spiro atoms. The Bertz CT molecular complexity index is 1110. The highest BCUT2D eigenvalue weighted by atomic mass is 32.2. The molecular weight excluding hydrogens is 428 g/mol. The molecule has 2 heterocycles. The van der Waals surface area contributed by atoms with Crippen molar-refractivity contribution in [3.63, 3.8) is 0 Å². The number of rotatable bonds is 8. The second kappa shape index (κ2) is 9.78. The van der Waals surface area contributed by atoms with E-state index >= 15 is 0 Å². The molecule has 2 aromatic heterocycles. The first-order valence-corrected chi connectivity index (χ1v) is 12.4. The normalized spacial score (nSPS) is 12.7. The Morgan fingerprint density at radius 1 is 1.23 bits per heavy atom. The Morgan fingerprint density at radius 3 is 2.87 bits per heavy atom. The Hall–Kier alpha value is -2.45. The van der Waals surface area contributed by atoms with E-state index in [2.05, 4.69) is 15.3 Å². The van der Waals surface area contributed by atoms with Gasteiger partial charge in [0, 0.05) is 22.5 Å². The summed E-state index contributed by atoms with van der Waals surface area (Å²) < 4.78 is 0. The molecule has 3 aromatic rings. The number of nitrogens with zero attached hydrogens (tertiary/aromatic N) is 3. The predicted molar refractivity (Wildman–Crippen MR) is 127 cm³/mol. The van der Waals surface area contributed by atoms with Gasteiger partial charge in [0.05, 0.1) is 12.3 Å². The van der Waals surface area contributed by atoms with Gasteiger partial charge in [-0.15, -0.1) is 11.3 Å². The summed E-state index contributed by atoms with van der Waals surface area (Å²) >= 11 is 3.20. The summed E-state index contributed by atoms with van der Waals surface area (Å²) in [6.07, 6.45) is 5.73. The lowest BCUT2D eigenvalue weighted by atomic mass is 10.2. The van der Waals surface area contributed by atoms with Gasteiger partial charge in [0.25, 0.3) is 0 Å². The monoisotopic (exact) mass is 454 g/mol. The number of carbonyl (C=O) groups is 2. The highest BCUT2D eigenvalue weighted by Crippen LogP contribution is 2.40. The third kappa shape index (κ3) is 4.91. The molecule has 1 aliphatic rings. The van der Waals surface area contributed by atoms with Crippen molar-refractivity contribution < 1.29 is 9.59 Å². The molecule has 2 amide bonds. The third-order valence-electron chi connectivity index (χ3n) is 5.40. The van der Waals surface area contributed by atoms with E-state index in [-0.39, 0.29) is 24.1 Å². The molecule has 6 nitrogen and oxygen atoms in total. The summed E-state index contributed by atoms with van der Waals surface area (Å²) in [5, 5.41) is 4.91. The molecule has 0 aliphatic heterocycles. The number of hydrogen-bond acceptors (Lipinski definition) is 6. The molecule has 0 bridgehead atoms. The van der Waals surface area contributed by atoms with Crippen LogP contribution in [-0.2, 0) is 22.4 Å². The Kier molecular flexibility index (Phi) is 6.87. The van der Waals surface area contributed by atoms with Gasteiger partial charge in [-0.3, -0.25) is 9.59 Å². The van der Waals surface area contributed by atoms with E-state index in [0.717, 1.165) is 45.8 Å². The number of amides is 2. The number of benzene rings is 1. The maximum atomic E-state index is 13.0. The van der Waals surface area contributed by atoms with E-state index in [1.54, 1.807) is 22.6 Å². The maximum absolute atomic E-state index is 13.0. The fourth-order valence-electron chi connectivity index (χ4n) is 3.87. The summed E-state index contributed by atoms with van der Waals surface area (Å²) in [5.74, 6) is 0.0283. The number of hydrogen-bond donors (Lipinski definition) is 1. The molecule has 4 rings (SSSR count). The van der Waals surface area contributed by atoms with Gasteiger partial charge < -0.3 is 10.2 Å². The topological polar surface area (TPSA) is 75.2 Å². The van der Waals surface area contributed by atoms with Gasteiger partial charge in [-0.05, 0) is 49.8 Å². The van der Waals surface area contributed by atoms with Crippen LogP contribution in [0.4, 0.5) is 5.69 Å².